The van der Waals surface area contributed by atoms with Gasteiger partial charge in [0.1, 0.15) is 12.4 Å². The molecule has 1 fully saturated rings. The van der Waals surface area contributed by atoms with Crippen molar-refractivity contribution in [2.24, 2.45) is 0 Å². The van der Waals surface area contributed by atoms with Crippen LogP contribution in [-0.4, -0.2) is 31.6 Å². The minimum atomic E-state index is 0.0902. The van der Waals surface area contributed by atoms with E-state index < -0.39 is 0 Å². The molecule has 0 spiro atoms. The van der Waals surface area contributed by atoms with Crippen LogP contribution in [0.5, 0.6) is 5.75 Å². The summed E-state index contributed by atoms with van der Waals surface area (Å²) in [5.74, 6) is 0.967. The van der Waals surface area contributed by atoms with Crippen LogP contribution in [0.2, 0.25) is 0 Å². The van der Waals surface area contributed by atoms with E-state index in [9.17, 15) is 4.79 Å². The van der Waals surface area contributed by atoms with Crippen molar-refractivity contribution in [2.45, 2.75) is 38.6 Å². The SMILES string of the molecule is Cc1cccc(OCCNCC(=O)NC2CCCC2)c1. The average molecular weight is 276 g/mol. The molecule has 0 saturated heterocycles. The molecule has 0 bridgehead atoms. The number of benzene rings is 1. The Kier molecular flexibility index (Phi) is 5.87. The van der Waals surface area contributed by atoms with Gasteiger partial charge in [-0.2, -0.15) is 0 Å². The molecular weight excluding hydrogens is 252 g/mol. The molecule has 1 saturated carbocycles. The Morgan fingerprint density at radius 3 is 2.90 bits per heavy atom. The molecule has 0 radical (unpaired) electrons. The summed E-state index contributed by atoms with van der Waals surface area (Å²) < 4.78 is 5.61. The van der Waals surface area contributed by atoms with E-state index in [2.05, 4.69) is 10.6 Å². The van der Waals surface area contributed by atoms with Crippen LogP contribution >= 0.6 is 0 Å². The van der Waals surface area contributed by atoms with Crippen molar-refractivity contribution in [2.75, 3.05) is 19.7 Å². The second kappa shape index (κ2) is 7.90. The van der Waals surface area contributed by atoms with Crippen LogP contribution in [0.4, 0.5) is 0 Å². The van der Waals surface area contributed by atoms with E-state index in [1.807, 2.05) is 31.2 Å². The van der Waals surface area contributed by atoms with Crippen LogP contribution in [0.1, 0.15) is 31.2 Å². The lowest BCUT2D eigenvalue weighted by molar-refractivity contribution is -0.120. The summed E-state index contributed by atoms with van der Waals surface area (Å²) in [6.07, 6.45) is 4.73. The van der Waals surface area contributed by atoms with E-state index in [0.717, 1.165) is 18.6 Å². The summed E-state index contributed by atoms with van der Waals surface area (Å²) >= 11 is 0. The van der Waals surface area contributed by atoms with Gasteiger partial charge in [-0.05, 0) is 37.5 Å². The summed E-state index contributed by atoms with van der Waals surface area (Å²) in [6, 6.07) is 8.37. The molecule has 0 unspecified atom stereocenters. The van der Waals surface area contributed by atoms with Crippen molar-refractivity contribution in [1.82, 2.24) is 10.6 Å². The van der Waals surface area contributed by atoms with Gasteiger partial charge in [0.25, 0.3) is 0 Å². The average Bonchev–Trinajstić information content (AvgIpc) is 2.91. The van der Waals surface area contributed by atoms with Crippen molar-refractivity contribution in [3.8, 4) is 5.75 Å². The van der Waals surface area contributed by atoms with Crippen molar-refractivity contribution in [1.29, 1.82) is 0 Å². The van der Waals surface area contributed by atoms with E-state index >= 15 is 0 Å². The van der Waals surface area contributed by atoms with Crippen molar-refractivity contribution in [3.63, 3.8) is 0 Å². The standard InChI is InChI=1S/C16H24N2O2/c1-13-5-4-8-15(11-13)20-10-9-17-12-16(19)18-14-6-2-3-7-14/h4-5,8,11,14,17H,2-3,6-7,9-10,12H2,1H3,(H,18,19). The Morgan fingerprint density at radius 1 is 1.35 bits per heavy atom. The van der Waals surface area contributed by atoms with Crippen LogP contribution in [0.25, 0.3) is 0 Å². The van der Waals surface area contributed by atoms with Crippen LogP contribution in [0.3, 0.4) is 0 Å². The van der Waals surface area contributed by atoms with Gasteiger partial charge in [-0.1, -0.05) is 25.0 Å². The van der Waals surface area contributed by atoms with Crippen LogP contribution in [-0.2, 0) is 4.79 Å². The molecule has 1 aliphatic carbocycles. The predicted molar refractivity (Wildman–Crippen MR) is 79.9 cm³/mol. The number of nitrogens with one attached hydrogen (secondary N) is 2. The van der Waals surface area contributed by atoms with Crippen LogP contribution in [0.15, 0.2) is 24.3 Å². The second-order valence-electron chi connectivity index (χ2n) is 5.39. The smallest absolute Gasteiger partial charge is 0.234 e. The quantitative estimate of drug-likeness (QED) is 0.749. The number of hydrogen-bond acceptors (Lipinski definition) is 3. The fourth-order valence-corrected chi connectivity index (χ4v) is 2.50. The summed E-state index contributed by atoms with van der Waals surface area (Å²) in [6.45, 7) is 3.65. The first kappa shape index (κ1) is 14.9. The number of carbonyl (C=O) groups excluding carboxylic acids is 1. The topological polar surface area (TPSA) is 50.4 Å². The number of ether oxygens (including phenoxy) is 1. The molecule has 1 aromatic rings. The van der Waals surface area contributed by atoms with Crippen molar-refractivity contribution < 1.29 is 9.53 Å². The molecule has 1 aromatic carbocycles. The van der Waals surface area contributed by atoms with Crippen LogP contribution < -0.4 is 15.4 Å². The maximum Gasteiger partial charge on any atom is 0.234 e. The van der Waals surface area contributed by atoms with Gasteiger partial charge in [0.05, 0.1) is 6.54 Å². The zero-order chi connectivity index (χ0) is 14.2. The van der Waals surface area contributed by atoms with Gasteiger partial charge < -0.3 is 15.4 Å². The molecule has 4 heteroatoms. The summed E-state index contributed by atoms with van der Waals surface area (Å²) in [7, 11) is 0. The van der Waals surface area contributed by atoms with E-state index in [-0.39, 0.29) is 5.91 Å². The normalized spacial score (nSPS) is 15.2. The third-order valence-corrected chi connectivity index (χ3v) is 3.54. The minimum absolute atomic E-state index is 0.0902. The van der Waals surface area contributed by atoms with Crippen LogP contribution in [0, 0.1) is 6.92 Å². The predicted octanol–water partition coefficient (Wildman–Crippen LogP) is 2.02. The lowest BCUT2D eigenvalue weighted by Gasteiger charge is -2.12. The highest BCUT2D eigenvalue weighted by Gasteiger charge is 2.16. The Balaban J connectivity index is 1.53. The maximum absolute atomic E-state index is 11.7. The first-order chi connectivity index (χ1) is 9.74. The highest BCUT2D eigenvalue weighted by molar-refractivity contribution is 5.78. The third-order valence-electron chi connectivity index (χ3n) is 3.54. The molecule has 2 rings (SSSR count). The van der Waals surface area contributed by atoms with E-state index in [0.29, 0.717) is 25.7 Å². The summed E-state index contributed by atoms with van der Waals surface area (Å²) in [5, 5.41) is 6.16. The first-order valence-electron chi connectivity index (χ1n) is 7.43. The molecule has 1 amide bonds. The number of aryl methyl sites for hydroxylation is 1. The molecule has 1 aliphatic rings. The zero-order valence-corrected chi connectivity index (χ0v) is 12.2. The van der Waals surface area contributed by atoms with E-state index in [1.54, 1.807) is 0 Å². The number of hydrogen-bond donors (Lipinski definition) is 2. The van der Waals surface area contributed by atoms with Gasteiger partial charge >= 0.3 is 0 Å². The molecule has 110 valence electrons. The largest absolute Gasteiger partial charge is 0.492 e. The molecule has 2 N–H and O–H groups in total. The molecule has 0 aliphatic heterocycles. The van der Waals surface area contributed by atoms with Gasteiger partial charge in [-0.15, -0.1) is 0 Å². The monoisotopic (exact) mass is 276 g/mol. The molecule has 4 nitrogen and oxygen atoms in total. The second-order valence-corrected chi connectivity index (χ2v) is 5.39. The first-order valence-corrected chi connectivity index (χ1v) is 7.43. The van der Waals surface area contributed by atoms with Crippen molar-refractivity contribution in [3.05, 3.63) is 29.8 Å². The summed E-state index contributed by atoms with van der Waals surface area (Å²) in [4.78, 5) is 11.7. The van der Waals surface area contributed by atoms with E-state index in [4.69, 9.17) is 4.74 Å². The van der Waals surface area contributed by atoms with Gasteiger partial charge in [0.2, 0.25) is 5.91 Å². The van der Waals surface area contributed by atoms with Crippen molar-refractivity contribution >= 4 is 5.91 Å². The molecule has 0 aromatic heterocycles. The number of rotatable bonds is 7. The van der Waals surface area contributed by atoms with Gasteiger partial charge in [0.15, 0.2) is 0 Å². The number of amides is 1. The molecule has 0 atom stereocenters. The van der Waals surface area contributed by atoms with Gasteiger partial charge in [0, 0.05) is 12.6 Å². The summed E-state index contributed by atoms with van der Waals surface area (Å²) in [5.41, 5.74) is 1.19. The Labute approximate surface area is 120 Å². The molecular formula is C16H24N2O2. The lowest BCUT2D eigenvalue weighted by Crippen LogP contribution is -2.40. The van der Waals surface area contributed by atoms with Gasteiger partial charge in [-0.3, -0.25) is 4.79 Å². The highest BCUT2D eigenvalue weighted by atomic mass is 16.5. The van der Waals surface area contributed by atoms with Gasteiger partial charge in [-0.25, -0.2) is 0 Å². The molecule has 20 heavy (non-hydrogen) atoms. The maximum atomic E-state index is 11.7. The Morgan fingerprint density at radius 2 is 2.15 bits per heavy atom. The van der Waals surface area contributed by atoms with E-state index in [1.165, 1.54) is 18.4 Å². The molecule has 0 heterocycles. The zero-order valence-electron chi connectivity index (χ0n) is 12.2. The fourth-order valence-electron chi connectivity index (χ4n) is 2.50. The fraction of sp³-hybridized carbons (Fsp3) is 0.562. The Hall–Kier alpha value is -1.55. The third kappa shape index (κ3) is 5.21. The minimum Gasteiger partial charge on any atom is -0.492 e. The lowest BCUT2D eigenvalue weighted by atomic mass is 10.2. The highest BCUT2D eigenvalue weighted by Crippen LogP contribution is 2.17. The Bertz CT molecular complexity index is 428. The number of carbonyl (C=O) groups is 1.